The molecule has 3 aliphatic heterocycles. The molecule has 0 aromatic rings. The molecule has 3 fully saturated rings. The molecule has 1 saturated carbocycles. The highest BCUT2D eigenvalue weighted by Gasteiger charge is 2.52. The molecule has 0 bridgehead atoms. The summed E-state index contributed by atoms with van der Waals surface area (Å²) in [4.78, 5) is 25.1. The van der Waals surface area contributed by atoms with Crippen LogP contribution in [-0.2, 0) is 38.0 Å². The number of aliphatic carboxylic acids is 1. The quantitative estimate of drug-likeness (QED) is 0.266. The van der Waals surface area contributed by atoms with E-state index in [1.54, 1.807) is 6.92 Å². The highest BCUT2D eigenvalue weighted by molar-refractivity contribution is 5.87. The van der Waals surface area contributed by atoms with E-state index >= 15 is 0 Å². The summed E-state index contributed by atoms with van der Waals surface area (Å²) >= 11 is 0. The molecule has 2 aliphatic carbocycles. The smallest absolute Gasteiger partial charge is 0.333 e. The van der Waals surface area contributed by atoms with Crippen LogP contribution in [0, 0.1) is 5.92 Å². The third-order valence-electron chi connectivity index (χ3n) is 9.57. The summed E-state index contributed by atoms with van der Waals surface area (Å²) in [6.45, 7) is 3.20. The number of ketones is 1. The predicted molar refractivity (Wildman–Crippen MR) is 151 cm³/mol. The van der Waals surface area contributed by atoms with Gasteiger partial charge in [-0.3, -0.25) is 4.79 Å². The minimum atomic E-state index is -1.65. The molecule has 13 atom stereocenters. The Hall–Kier alpha value is -1.78. The van der Waals surface area contributed by atoms with Gasteiger partial charge in [-0.1, -0.05) is 37.5 Å². The number of carbonyl (C=O) groups excluding carboxylic acids is 1. The molecule has 13 heteroatoms. The molecule has 248 valence electrons. The van der Waals surface area contributed by atoms with Gasteiger partial charge in [0.25, 0.3) is 0 Å². The van der Waals surface area contributed by atoms with Crippen LogP contribution in [0.4, 0.5) is 0 Å². The summed E-state index contributed by atoms with van der Waals surface area (Å²) in [5.74, 6) is -1.99. The summed E-state index contributed by atoms with van der Waals surface area (Å²) in [7, 11) is 0. The number of carbonyl (C=O) groups is 2. The van der Waals surface area contributed by atoms with Gasteiger partial charge in [-0.15, -0.1) is 0 Å². The zero-order valence-corrected chi connectivity index (χ0v) is 25.2. The number of fused-ring (bicyclic) bond motifs is 1. The fourth-order valence-corrected chi connectivity index (χ4v) is 6.96. The van der Waals surface area contributed by atoms with Crippen LogP contribution in [0.2, 0.25) is 0 Å². The topological polar surface area (TPSA) is 191 Å². The lowest BCUT2D eigenvalue weighted by Crippen LogP contribution is -2.63. The number of rotatable bonds is 7. The van der Waals surface area contributed by atoms with E-state index in [1.165, 1.54) is 0 Å². The first-order valence-corrected chi connectivity index (χ1v) is 15.8. The molecule has 5 aliphatic rings. The van der Waals surface area contributed by atoms with Crippen LogP contribution in [0.5, 0.6) is 0 Å². The summed E-state index contributed by atoms with van der Waals surface area (Å²) in [5, 5.41) is 51.7. The van der Waals surface area contributed by atoms with Gasteiger partial charge in [0.05, 0.1) is 31.5 Å². The number of carboxylic acids is 1. The molecule has 0 aromatic carbocycles. The summed E-state index contributed by atoms with van der Waals surface area (Å²) < 4.78 is 36.8. The second-order valence-corrected chi connectivity index (χ2v) is 12.4. The van der Waals surface area contributed by atoms with Crippen LogP contribution >= 0.6 is 0 Å². The molecule has 3 heterocycles. The average molecular weight is 627 g/mol. The lowest BCUT2D eigenvalue weighted by Gasteiger charge is -2.47. The molecule has 0 amide bonds. The van der Waals surface area contributed by atoms with Crippen molar-refractivity contribution in [1.29, 1.82) is 0 Å². The number of aliphatic hydroxyl groups is 4. The Bertz CT molecular complexity index is 1080. The van der Waals surface area contributed by atoms with E-state index in [4.69, 9.17) is 28.4 Å². The molecule has 13 nitrogen and oxygen atoms in total. The first kappa shape index (κ1) is 33.6. The highest BCUT2D eigenvalue weighted by atomic mass is 16.7. The number of hydrogen-bond donors (Lipinski definition) is 5. The number of allylic oxidation sites excluding steroid dienone is 2. The van der Waals surface area contributed by atoms with E-state index in [2.05, 4.69) is 0 Å². The first-order valence-electron chi connectivity index (χ1n) is 15.8. The molecule has 44 heavy (non-hydrogen) atoms. The zero-order valence-electron chi connectivity index (χ0n) is 25.2. The zero-order chi connectivity index (χ0) is 31.5. The van der Waals surface area contributed by atoms with Crippen molar-refractivity contribution in [1.82, 2.24) is 0 Å². The van der Waals surface area contributed by atoms with Gasteiger partial charge in [-0.05, 0) is 50.5 Å². The molecule has 0 aromatic heterocycles. The van der Waals surface area contributed by atoms with Crippen molar-refractivity contribution in [3.63, 3.8) is 0 Å². The van der Waals surface area contributed by atoms with Gasteiger partial charge in [-0.25, -0.2) is 4.79 Å². The monoisotopic (exact) mass is 626 g/mol. The molecule has 5 rings (SSSR count). The van der Waals surface area contributed by atoms with Gasteiger partial charge in [0.2, 0.25) is 12.1 Å². The minimum absolute atomic E-state index is 0.0379. The molecule has 13 unspecified atom stereocenters. The van der Waals surface area contributed by atoms with Gasteiger partial charge in [0.1, 0.15) is 36.6 Å². The van der Waals surface area contributed by atoms with E-state index in [9.17, 15) is 35.1 Å². The van der Waals surface area contributed by atoms with Crippen LogP contribution in [0.1, 0.15) is 65.2 Å². The van der Waals surface area contributed by atoms with E-state index in [1.807, 2.05) is 19.1 Å². The van der Waals surface area contributed by atoms with Crippen molar-refractivity contribution in [2.24, 2.45) is 5.92 Å². The van der Waals surface area contributed by atoms with Crippen LogP contribution in [0.15, 0.2) is 23.3 Å². The van der Waals surface area contributed by atoms with Crippen molar-refractivity contribution in [3.05, 3.63) is 23.3 Å². The van der Waals surface area contributed by atoms with Crippen molar-refractivity contribution in [2.45, 2.75) is 139 Å². The second kappa shape index (κ2) is 14.8. The largest absolute Gasteiger partial charge is 0.479 e. The van der Waals surface area contributed by atoms with Crippen LogP contribution < -0.4 is 0 Å². The van der Waals surface area contributed by atoms with Crippen molar-refractivity contribution in [2.75, 3.05) is 13.2 Å². The van der Waals surface area contributed by atoms with Gasteiger partial charge >= 0.3 is 5.97 Å². The van der Waals surface area contributed by atoms with Crippen LogP contribution in [-0.4, -0.2) is 124 Å². The molecular formula is C31H46O13. The Kier molecular flexibility index (Phi) is 11.3. The van der Waals surface area contributed by atoms with Crippen LogP contribution in [0.3, 0.4) is 0 Å². The first-order chi connectivity index (χ1) is 21.1. The lowest BCUT2D eigenvalue weighted by molar-refractivity contribution is -0.342. The van der Waals surface area contributed by atoms with Crippen LogP contribution in [0.25, 0.3) is 0 Å². The second-order valence-electron chi connectivity index (χ2n) is 12.4. The van der Waals surface area contributed by atoms with E-state index in [0.29, 0.717) is 25.7 Å². The Morgan fingerprint density at radius 3 is 2.57 bits per heavy atom. The lowest BCUT2D eigenvalue weighted by atomic mass is 9.82. The maximum absolute atomic E-state index is 12.8. The van der Waals surface area contributed by atoms with Gasteiger partial charge < -0.3 is 54.0 Å². The molecule has 0 radical (unpaired) electrons. The molecular weight excluding hydrogens is 580 g/mol. The van der Waals surface area contributed by atoms with Crippen molar-refractivity contribution >= 4 is 11.8 Å². The van der Waals surface area contributed by atoms with Crippen molar-refractivity contribution < 1.29 is 63.5 Å². The van der Waals surface area contributed by atoms with E-state index in [-0.39, 0.29) is 18.9 Å². The minimum Gasteiger partial charge on any atom is -0.479 e. The number of hydrogen-bond acceptors (Lipinski definition) is 12. The van der Waals surface area contributed by atoms with E-state index in [0.717, 1.165) is 30.4 Å². The normalized spacial score (nSPS) is 43.7. The molecule has 5 N–H and O–H groups in total. The predicted octanol–water partition coefficient (Wildman–Crippen LogP) is 0.745. The SMILES string of the molecule is CCC1CCCC(OC2OC(CO)C(O)C3OC(C(=O)O)CC4=C(C=CCC4)CCOC23)C1OC1OC(C)C(O)C(O)C1=O. The fourth-order valence-electron chi connectivity index (χ4n) is 6.96. The highest BCUT2D eigenvalue weighted by Crippen LogP contribution is 2.38. The molecule has 2 saturated heterocycles. The number of Topliss-reactive ketones (excluding diaryl/α,β-unsaturated/α-hetero) is 1. The third kappa shape index (κ3) is 7.12. The Morgan fingerprint density at radius 1 is 1.05 bits per heavy atom. The van der Waals surface area contributed by atoms with Gasteiger partial charge in [-0.2, -0.15) is 0 Å². The summed E-state index contributed by atoms with van der Waals surface area (Å²) in [5.41, 5.74) is 1.98. The van der Waals surface area contributed by atoms with Crippen molar-refractivity contribution in [3.8, 4) is 0 Å². The van der Waals surface area contributed by atoms with E-state index < -0.39 is 92.0 Å². The number of ether oxygens (including phenoxy) is 6. The number of aliphatic hydroxyl groups excluding tert-OH is 4. The Balaban J connectivity index is 1.40. The third-order valence-corrected chi connectivity index (χ3v) is 9.57. The van der Waals surface area contributed by atoms with Gasteiger partial charge in [0.15, 0.2) is 12.4 Å². The molecule has 0 spiro atoms. The summed E-state index contributed by atoms with van der Waals surface area (Å²) in [6, 6.07) is 0. The maximum Gasteiger partial charge on any atom is 0.333 e. The standard InChI is InChI=1S/C31H46O13/c1-3-16-9-6-10-19(26(16)44-30-25(36)24(35)22(33)15(2)40-30)42-31-28-27(23(34)21(14-32)43-31)41-20(29(37)38)13-18-8-5-4-7-17(18)11-12-39-28/h4,7,15-16,19-24,26-28,30-35H,3,5-6,8-14H2,1-2H3,(H,37,38). The maximum atomic E-state index is 12.8. The number of carboxylic acid groups (broad SMARTS) is 1. The Labute approximate surface area is 256 Å². The van der Waals surface area contributed by atoms with Gasteiger partial charge in [0, 0.05) is 6.42 Å². The Morgan fingerprint density at radius 2 is 1.84 bits per heavy atom. The summed E-state index contributed by atoms with van der Waals surface area (Å²) in [6.07, 6.45) is -4.73. The average Bonchev–Trinajstić information content (AvgIpc) is 3.02. The fraction of sp³-hybridized carbons (Fsp3) is 0.806.